The first-order chi connectivity index (χ1) is 14.6. The fourth-order valence-electron chi connectivity index (χ4n) is 3.78. The Balaban J connectivity index is 1.52. The quantitative estimate of drug-likeness (QED) is 0.778. The molecule has 0 unspecified atom stereocenters. The van der Waals surface area contributed by atoms with E-state index in [2.05, 4.69) is 10.6 Å². The lowest BCUT2D eigenvalue weighted by molar-refractivity contribution is -0.218. The predicted molar refractivity (Wildman–Crippen MR) is 111 cm³/mol. The van der Waals surface area contributed by atoms with Crippen molar-refractivity contribution in [2.45, 2.75) is 25.2 Å². The van der Waals surface area contributed by atoms with E-state index in [1.54, 1.807) is 12.1 Å². The number of amides is 1. The Bertz CT molecular complexity index is 914. The van der Waals surface area contributed by atoms with Gasteiger partial charge in [-0.1, -0.05) is 0 Å². The second-order valence-corrected chi connectivity index (χ2v) is 7.24. The van der Waals surface area contributed by atoms with Gasteiger partial charge >= 0.3 is 0 Å². The number of nitrogens with one attached hydrogen (secondary N) is 2. The third-order valence-electron chi connectivity index (χ3n) is 5.40. The average Bonchev–Trinajstić information content (AvgIpc) is 2.78. The maximum Gasteiger partial charge on any atom is 0.255 e. The highest BCUT2D eigenvalue weighted by molar-refractivity contribution is 6.05. The van der Waals surface area contributed by atoms with Crippen molar-refractivity contribution in [2.75, 3.05) is 39.7 Å². The second-order valence-electron chi connectivity index (χ2n) is 7.24. The van der Waals surface area contributed by atoms with Gasteiger partial charge in [0.1, 0.15) is 5.75 Å². The highest BCUT2D eigenvalue weighted by Crippen LogP contribution is 2.39. The van der Waals surface area contributed by atoms with Gasteiger partial charge in [0, 0.05) is 42.7 Å². The summed E-state index contributed by atoms with van der Waals surface area (Å²) in [6.45, 7) is 2.19. The molecule has 0 aromatic heterocycles. The first kappa shape index (κ1) is 20.3. The van der Waals surface area contributed by atoms with Crippen molar-refractivity contribution in [1.82, 2.24) is 5.32 Å². The van der Waals surface area contributed by atoms with E-state index < -0.39 is 5.79 Å². The van der Waals surface area contributed by atoms with E-state index in [9.17, 15) is 4.79 Å². The third-order valence-corrected chi connectivity index (χ3v) is 5.40. The van der Waals surface area contributed by atoms with Crippen molar-refractivity contribution < 1.29 is 28.5 Å². The van der Waals surface area contributed by atoms with Gasteiger partial charge in [-0.3, -0.25) is 4.79 Å². The molecule has 2 aliphatic heterocycles. The van der Waals surface area contributed by atoms with Gasteiger partial charge in [-0.05, 0) is 30.3 Å². The van der Waals surface area contributed by atoms with Crippen LogP contribution in [0.15, 0.2) is 30.3 Å². The second kappa shape index (κ2) is 8.41. The minimum absolute atomic E-state index is 0.290. The van der Waals surface area contributed by atoms with E-state index in [4.69, 9.17) is 23.7 Å². The van der Waals surface area contributed by atoms with E-state index in [0.29, 0.717) is 35.1 Å². The molecule has 1 saturated heterocycles. The summed E-state index contributed by atoms with van der Waals surface area (Å²) in [6.07, 6.45) is 1.62. The molecule has 30 heavy (non-hydrogen) atoms. The molecule has 2 aromatic rings. The lowest BCUT2D eigenvalue weighted by Crippen LogP contribution is -2.49. The molecule has 160 valence electrons. The minimum atomic E-state index is -0.542. The van der Waals surface area contributed by atoms with Crippen molar-refractivity contribution in [1.29, 1.82) is 0 Å². The molecule has 0 bridgehead atoms. The van der Waals surface area contributed by atoms with E-state index in [0.717, 1.165) is 37.2 Å². The Morgan fingerprint density at radius 3 is 2.37 bits per heavy atom. The van der Waals surface area contributed by atoms with Gasteiger partial charge in [0.05, 0.1) is 27.9 Å². The number of carbonyl (C=O) groups excluding carboxylic acids is 1. The summed E-state index contributed by atoms with van der Waals surface area (Å²) in [6, 6.07) is 8.81. The number of carbonyl (C=O) groups is 1. The molecule has 2 heterocycles. The van der Waals surface area contributed by atoms with Gasteiger partial charge in [-0.15, -0.1) is 0 Å². The molecule has 4 rings (SSSR count). The van der Waals surface area contributed by atoms with Crippen molar-refractivity contribution >= 4 is 11.6 Å². The number of ether oxygens (including phenoxy) is 5. The average molecular weight is 414 g/mol. The van der Waals surface area contributed by atoms with Crippen molar-refractivity contribution in [3.63, 3.8) is 0 Å². The summed E-state index contributed by atoms with van der Waals surface area (Å²) in [5.41, 5.74) is 1.95. The Kier molecular flexibility index (Phi) is 5.69. The first-order valence-electron chi connectivity index (χ1n) is 9.85. The Morgan fingerprint density at radius 2 is 1.73 bits per heavy atom. The number of benzene rings is 2. The largest absolute Gasteiger partial charge is 0.493 e. The monoisotopic (exact) mass is 414 g/mol. The molecule has 1 spiro atoms. The van der Waals surface area contributed by atoms with Gasteiger partial charge in [0.15, 0.2) is 11.5 Å². The maximum absolute atomic E-state index is 12.8. The van der Waals surface area contributed by atoms with E-state index >= 15 is 0 Å². The van der Waals surface area contributed by atoms with Gasteiger partial charge in [0.25, 0.3) is 5.91 Å². The van der Waals surface area contributed by atoms with E-state index in [1.165, 1.54) is 21.3 Å². The highest BCUT2D eigenvalue weighted by Gasteiger charge is 2.38. The number of fused-ring (bicyclic) bond motifs is 1. The zero-order valence-electron chi connectivity index (χ0n) is 17.4. The van der Waals surface area contributed by atoms with Crippen LogP contribution in [0.4, 0.5) is 5.69 Å². The summed E-state index contributed by atoms with van der Waals surface area (Å²) < 4.78 is 28.2. The molecular formula is C22H26N2O6. The van der Waals surface area contributed by atoms with Crippen LogP contribution < -0.4 is 29.6 Å². The zero-order valence-corrected chi connectivity index (χ0v) is 17.4. The maximum atomic E-state index is 12.8. The Morgan fingerprint density at radius 1 is 1.03 bits per heavy atom. The molecule has 2 aromatic carbocycles. The van der Waals surface area contributed by atoms with Crippen LogP contribution in [0, 0.1) is 0 Å². The summed E-state index contributed by atoms with van der Waals surface area (Å²) in [5.74, 6) is 1.24. The number of rotatable bonds is 5. The standard InChI is InChI=1S/C22H26N2O6/c1-26-18-11-14(12-19(27-2)20(18)28-3)21(25)24-16-4-5-17-15(10-16)13-29-22(30-17)6-8-23-9-7-22/h4-5,10-12,23H,6-9,13H2,1-3H3,(H,24,25). The Labute approximate surface area is 175 Å². The van der Waals surface area contributed by atoms with Crippen LogP contribution in [0.5, 0.6) is 23.0 Å². The lowest BCUT2D eigenvalue weighted by Gasteiger charge is -2.41. The van der Waals surface area contributed by atoms with E-state index in [-0.39, 0.29) is 5.91 Å². The topological polar surface area (TPSA) is 87.3 Å². The van der Waals surface area contributed by atoms with Crippen LogP contribution in [-0.4, -0.2) is 46.1 Å². The zero-order chi connectivity index (χ0) is 21.1. The SMILES string of the molecule is COc1cc(C(=O)Nc2ccc3c(c2)COC2(CCNCC2)O3)cc(OC)c1OC. The minimum Gasteiger partial charge on any atom is -0.493 e. The molecule has 0 radical (unpaired) electrons. The summed E-state index contributed by atoms with van der Waals surface area (Å²) in [7, 11) is 4.54. The number of piperidine rings is 1. The molecule has 8 heteroatoms. The van der Waals surface area contributed by atoms with Crippen LogP contribution in [-0.2, 0) is 11.3 Å². The summed E-state index contributed by atoms with van der Waals surface area (Å²) >= 11 is 0. The third kappa shape index (κ3) is 3.88. The molecule has 0 saturated carbocycles. The van der Waals surface area contributed by atoms with Crippen LogP contribution in [0.2, 0.25) is 0 Å². The van der Waals surface area contributed by atoms with Gasteiger partial charge in [-0.2, -0.15) is 0 Å². The van der Waals surface area contributed by atoms with Gasteiger partial charge in [0.2, 0.25) is 11.5 Å². The molecule has 1 fully saturated rings. The predicted octanol–water partition coefficient (Wildman–Crippen LogP) is 2.95. The number of methoxy groups -OCH3 is 3. The van der Waals surface area contributed by atoms with E-state index in [1.807, 2.05) is 18.2 Å². The number of hydrogen-bond donors (Lipinski definition) is 2. The molecular weight excluding hydrogens is 388 g/mol. The van der Waals surface area contributed by atoms with Crippen LogP contribution in [0.3, 0.4) is 0 Å². The lowest BCUT2D eigenvalue weighted by atomic mass is 10.0. The van der Waals surface area contributed by atoms with Crippen LogP contribution in [0.25, 0.3) is 0 Å². The molecule has 2 aliphatic rings. The normalized spacial score (nSPS) is 16.9. The van der Waals surface area contributed by atoms with Crippen molar-refractivity contribution in [3.8, 4) is 23.0 Å². The fraction of sp³-hybridized carbons (Fsp3) is 0.409. The van der Waals surface area contributed by atoms with Crippen molar-refractivity contribution in [2.24, 2.45) is 0 Å². The molecule has 8 nitrogen and oxygen atoms in total. The highest BCUT2D eigenvalue weighted by atomic mass is 16.7. The first-order valence-corrected chi connectivity index (χ1v) is 9.85. The fourth-order valence-corrected chi connectivity index (χ4v) is 3.78. The summed E-state index contributed by atoms with van der Waals surface area (Å²) in [4.78, 5) is 12.8. The van der Waals surface area contributed by atoms with Gasteiger partial charge < -0.3 is 34.3 Å². The molecule has 0 aliphatic carbocycles. The van der Waals surface area contributed by atoms with Crippen LogP contribution >= 0.6 is 0 Å². The summed E-state index contributed by atoms with van der Waals surface area (Å²) in [5, 5.41) is 6.22. The number of hydrogen-bond acceptors (Lipinski definition) is 7. The molecule has 1 amide bonds. The van der Waals surface area contributed by atoms with Crippen molar-refractivity contribution in [3.05, 3.63) is 41.5 Å². The smallest absolute Gasteiger partial charge is 0.255 e. The van der Waals surface area contributed by atoms with Gasteiger partial charge in [-0.25, -0.2) is 0 Å². The Hall–Kier alpha value is -2.97. The number of anilines is 1. The van der Waals surface area contributed by atoms with Crippen LogP contribution in [0.1, 0.15) is 28.8 Å². The molecule has 0 atom stereocenters. The molecule has 2 N–H and O–H groups in total.